The number of aryl methyl sites for hydroxylation is 2. The van der Waals surface area contributed by atoms with Crippen LogP contribution in [0.5, 0.6) is 0 Å². The molecule has 1 aliphatic carbocycles. The Morgan fingerprint density at radius 3 is 2.93 bits per heavy atom. The summed E-state index contributed by atoms with van der Waals surface area (Å²) in [7, 11) is 1.88. The zero-order valence-corrected chi connectivity index (χ0v) is 16.3. The Morgan fingerprint density at radius 2 is 2.11 bits per heavy atom. The van der Waals surface area contributed by atoms with E-state index in [1.807, 2.05) is 49.2 Å². The maximum absolute atomic E-state index is 13.0. The first-order valence-electron chi connectivity index (χ1n) is 9.10. The van der Waals surface area contributed by atoms with Crippen molar-refractivity contribution < 1.29 is 4.79 Å². The molecule has 1 N–H and O–H groups in total. The number of aromatic amines is 1. The van der Waals surface area contributed by atoms with Crippen molar-refractivity contribution >= 4 is 18.1 Å². The van der Waals surface area contributed by atoms with Gasteiger partial charge in [0.1, 0.15) is 6.54 Å². The summed E-state index contributed by atoms with van der Waals surface area (Å²) in [5.41, 5.74) is 4.67. The molecule has 0 aliphatic heterocycles. The molecule has 0 radical (unpaired) electrons. The average Bonchev–Trinajstić information content (AvgIpc) is 3.25. The molecule has 1 amide bonds. The fourth-order valence-corrected chi connectivity index (χ4v) is 4.02. The molecule has 0 bridgehead atoms. The normalized spacial score (nSPS) is 15.6. The van der Waals surface area contributed by atoms with Gasteiger partial charge >= 0.3 is 0 Å². The summed E-state index contributed by atoms with van der Waals surface area (Å²) in [6, 6.07) is 16.5. The van der Waals surface area contributed by atoms with Crippen LogP contribution < -0.4 is 0 Å². The lowest BCUT2D eigenvalue weighted by molar-refractivity contribution is -0.132. The summed E-state index contributed by atoms with van der Waals surface area (Å²) in [5, 5.41) is 7.18. The van der Waals surface area contributed by atoms with Gasteiger partial charge in [0.25, 0.3) is 0 Å². The second-order valence-corrected chi connectivity index (χ2v) is 7.45. The summed E-state index contributed by atoms with van der Waals surface area (Å²) < 4.78 is 2.24. The molecule has 1 atom stereocenters. The van der Waals surface area contributed by atoms with Crippen molar-refractivity contribution in [1.82, 2.24) is 19.7 Å². The highest BCUT2D eigenvalue weighted by molar-refractivity contribution is 7.71. The molecule has 4 rings (SSSR count). The van der Waals surface area contributed by atoms with E-state index in [1.165, 1.54) is 11.1 Å². The Hall–Kier alpha value is -2.73. The monoisotopic (exact) mass is 378 g/mol. The summed E-state index contributed by atoms with van der Waals surface area (Å²) in [4.78, 5) is 14.9. The van der Waals surface area contributed by atoms with Crippen LogP contribution in [0.15, 0.2) is 48.5 Å². The van der Waals surface area contributed by atoms with E-state index >= 15 is 0 Å². The van der Waals surface area contributed by atoms with Crippen molar-refractivity contribution in [2.75, 3.05) is 7.05 Å². The lowest BCUT2D eigenvalue weighted by Gasteiger charge is -2.26. The SMILES string of the molecule is Cc1cccc(-c2n[nH]c(=S)n2CC(=O)N(C)C2CCc3ccccc32)c1. The minimum atomic E-state index is 0.0307. The van der Waals surface area contributed by atoms with E-state index < -0.39 is 0 Å². The Kier molecular flexibility index (Phi) is 4.66. The number of likely N-dealkylation sites (N-methyl/N-ethyl adjacent to an activating group) is 1. The second-order valence-electron chi connectivity index (χ2n) is 7.07. The van der Waals surface area contributed by atoms with Crippen molar-refractivity contribution in [3.8, 4) is 11.4 Å². The number of amides is 1. The number of benzene rings is 2. The predicted molar refractivity (Wildman–Crippen MR) is 108 cm³/mol. The minimum absolute atomic E-state index is 0.0307. The van der Waals surface area contributed by atoms with Crippen molar-refractivity contribution in [2.45, 2.75) is 32.4 Å². The molecule has 1 heterocycles. The van der Waals surface area contributed by atoms with Crippen molar-refractivity contribution in [3.63, 3.8) is 0 Å². The number of carbonyl (C=O) groups excluding carboxylic acids is 1. The topological polar surface area (TPSA) is 53.9 Å². The first-order valence-corrected chi connectivity index (χ1v) is 9.51. The van der Waals surface area contributed by atoms with Crippen LogP contribution in [-0.4, -0.2) is 32.6 Å². The highest BCUT2D eigenvalue weighted by Gasteiger charge is 2.28. The quantitative estimate of drug-likeness (QED) is 0.697. The number of aromatic nitrogens is 3. The van der Waals surface area contributed by atoms with Crippen molar-refractivity contribution in [1.29, 1.82) is 0 Å². The van der Waals surface area contributed by atoms with Gasteiger partial charge in [-0.25, -0.2) is 0 Å². The molecule has 1 aromatic heterocycles. The molecular weight excluding hydrogens is 356 g/mol. The largest absolute Gasteiger partial charge is 0.337 e. The number of hydrogen-bond acceptors (Lipinski definition) is 3. The zero-order valence-electron chi connectivity index (χ0n) is 15.5. The van der Waals surface area contributed by atoms with E-state index in [2.05, 4.69) is 28.4 Å². The molecule has 1 aliphatic rings. The highest BCUT2D eigenvalue weighted by atomic mass is 32.1. The van der Waals surface area contributed by atoms with Gasteiger partial charge in [-0.3, -0.25) is 14.5 Å². The number of nitrogens with one attached hydrogen (secondary N) is 1. The Bertz CT molecular complexity index is 1050. The maximum atomic E-state index is 13.0. The summed E-state index contributed by atoms with van der Waals surface area (Å²) in [6.07, 6.45) is 1.97. The Morgan fingerprint density at radius 1 is 1.30 bits per heavy atom. The smallest absolute Gasteiger partial charge is 0.242 e. The molecule has 1 unspecified atom stereocenters. The highest BCUT2D eigenvalue weighted by Crippen LogP contribution is 2.35. The Balaban J connectivity index is 1.59. The number of nitrogens with zero attached hydrogens (tertiary/aromatic N) is 3. The lowest BCUT2D eigenvalue weighted by atomic mass is 10.1. The van der Waals surface area contributed by atoms with Gasteiger partial charge in [0.15, 0.2) is 10.6 Å². The van der Waals surface area contributed by atoms with E-state index in [0.717, 1.165) is 24.0 Å². The van der Waals surface area contributed by atoms with Gasteiger partial charge in [-0.2, -0.15) is 5.10 Å². The fraction of sp³-hybridized carbons (Fsp3) is 0.286. The van der Waals surface area contributed by atoms with Crippen LogP contribution in [0.2, 0.25) is 0 Å². The van der Waals surface area contributed by atoms with Gasteiger partial charge in [-0.15, -0.1) is 0 Å². The number of hydrogen-bond donors (Lipinski definition) is 1. The molecule has 6 heteroatoms. The summed E-state index contributed by atoms with van der Waals surface area (Å²) >= 11 is 5.38. The average molecular weight is 379 g/mol. The molecule has 0 saturated heterocycles. The van der Waals surface area contributed by atoms with Crippen LogP contribution >= 0.6 is 12.2 Å². The molecule has 0 saturated carbocycles. The van der Waals surface area contributed by atoms with Gasteiger partial charge < -0.3 is 4.90 Å². The van der Waals surface area contributed by atoms with Gasteiger partial charge in [0, 0.05) is 12.6 Å². The van der Waals surface area contributed by atoms with Crippen LogP contribution in [0.3, 0.4) is 0 Å². The van der Waals surface area contributed by atoms with Gasteiger partial charge in [0.2, 0.25) is 5.91 Å². The van der Waals surface area contributed by atoms with Crippen molar-refractivity contribution in [2.24, 2.45) is 0 Å². The molecule has 3 aromatic rings. The van der Waals surface area contributed by atoms with Gasteiger partial charge in [-0.05, 0) is 49.2 Å². The van der Waals surface area contributed by atoms with E-state index in [0.29, 0.717) is 10.6 Å². The summed E-state index contributed by atoms with van der Waals surface area (Å²) in [5.74, 6) is 0.723. The van der Waals surface area contributed by atoms with Gasteiger partial charge in [0.05, 0.1) is 6.04 Å². The first kappa shape index (κ1) is 17.7. The third-order valence-electron chi connectivity index (χ3n) is 5.29. The van der Waals surface area contributed by atoms with Crippen molar-refractivity contribution in [3.05, 3.63) is 70.0 Å². The van der Waals surface area contributed by atoms with Gasteiger partial charge in [-0.1, -0.05) is 48.0 Å². The molecule has 27 heavy (non-hydrogen) atoms. The number of H-pyrrole nitrogens is 1. The van der Waals surface area contributed by atoms with Crippen LogP contribution in [-0.2, 0) is 17.8 Å². The second kappa shape index (κ2) is 7.12. The van der Waals surface area contributed by atoms with E-state index in [4.69, 9.17) is 12.2 Å². The fourth-order valence-electron chi connectivity index (χ4n) is 3.83. The van der Waals surface area contributed by atoms with Crippen LogP contribution in [0.25, 0.3) is 11.4 Å². The minimum Gasteiger partial charge on any atom is -0.337 e. The number of rotatable bonds is 4. The molecule has 5 nitrogen and oxygen atoms in total. The molecule has 0 spiro atoms. The number of fused-ring (bicyclic) bond motifs is 1. The lowest BCUT2D eigenvalue weighted by Crippen LogP contribution is -2.33. The van der Waals surface area contributed by atoms with E-state index in [-0.39, 0.29) is 18.5 Å². The molecule has 2 aromatic carbocycles. The van der Waals surface area contributed by atoms with Crippen LogP contribution in [0.4, 0.5) is 0 Å². The Labute approximate surface area is 163 Å². The maximum Gasteiger partial charge on any atom is 0.242 e. The number of carbonyl (C=O) groups is 1. The molecular formula is C21H22N4OS. The predicted octanol–water partition coefficient (Wildman–Crippen LogP) is 4.06. The molecule has 138 valence electrons. The van der Waals surface area contributed by atoms with Crippen LogP contribution in [0.1, 0.15) is 29.2 Å². The third-order valence-corrected chi connectivity index (χ3v) is 5.60. The summed E-state index contributed by atoms with van der Waals surface area (Å²) in [6.45, 7) is 2.21. The first-order chi connectivity index (χ1) is 13.0. The third kappa shape index (κ3) is 3.32. The molecule has 0 fully saturated rings. The van der Waals surface area contributed by atoms with E-state index in [1.54, 1.807) is 4.57 Å². The standard InChI is InChI=1S/C21H22N4OS/c1-14-6-5-8-16(12-14)20-22-23-21(27)25(20)13-19(26)24(2)18-11-10-15-7-3-4-9-17(15)18/h3-9,12,18H,10-11,13H2,1-2H3,(H,23,27). The zero-order chi connectivity index (χ0) is 19.0. The van der Waals surface area contributed by atoms with E-state index in [9.17, 15) is 4.79 Å². The van der Waals surface area contributed by atoms with Crippen LogP contribution in [0, 0.1) is 11.7 Å².